The van der Waals surface area contributed by atoms with Gasteiger partial charge in [-0.15, -0.1) is 0 Å². The van der Waals surface area contributed by atoms with E-state index in [1.807, 2.05) is 0 Å². The van der Waals surface area contributed by atoms with Crippen molar-refractivity contribution in [3.8, 4) is 0 Å². The van der Waals surface area contributed by atoms with Gasteiger partial charge in [0.2, 0.25) is 11.6 Å². The number of rotatable bonds is 2. The molecule has 2 saturated carbocycles. The van der Waals surface area contributed by atoms with E-state index in [1.54, 1.807) is 0 Å². The van der Waals surface area contributed by atoms with Gasteiger partial charge in [0.25, 0.3) is 0 Å². The summed E-state index contributed by atoms with van der Waals surface area (Å²) >= 11 is 6.79. The van der Waals surface area contributed by atoms with Gasteiger partial charge in [0.05, 0.1) is 15.3 Å². The van der Waals surface area contributed by atoms with E-state index in [0.29, 0.717) is 0 Å². The summed E-state index contributed by atoms with van der Waals surface area (Å²) in [6.07, 6.45) is -1.15. The lowest BCUT2D eigenvalue weighted by molar-refractivity contribution is -0.154. The van der Waals surface area contributed by atoms with Crippen LogP contribution in [-0.2, 0) is 19.1 Å². The van der Waals surface area contributed by atoms with Crippen molar-refractivity contribution in [2.24, 2.45) is 11.8 Å². The summed E-state index contributed by atoms with van der Waals surface area (Å²) in [7, 11) is 2.93. The first-order valence-corrected chi connectivity index (χ1v) is 6.06. The molecular formula is C9H10Br2O4. The fraction of sp³-hybridized carbons (Fsp3) is 0.778. The number of methoxy groups -OCH3 is 2. The van der Waals surface area contributed by atoms with E-state index >= 15 is 0 Å². The van der Waals surface area contributed by atoms with Gasteiger partial charge in [0, 0.05) is 20.1 Å². The van der Waals surface area contributed by atoms with Gasteiger partial charge in [-0.1, -0.05) is 31.9 Å². The molecule has 2 rings (SSSR count). The first-order valence-electron chi connectivity index (χ1n) is 4.48. The molecule has 2 fully saturated rings. The second kappa shape index (κ2) is 3.61. The topological polar surface area (TPSA) is 52.6 Å². The molecule has 0 spiro atoms. The van der Waals surface area contributed by atoms with Crippen molar-refractivity contribution in [2.45, 2.75) is 15.4 Å². The molecular weight excluding hydrogens is 332 g/mol. The Morgan fingerprint density at radius 3 is 2.20 bits per heavy atom. The molecule has 0 saturated heterocycles. The quantitative estimate of drug-likeness (QED) is 0.553. The zero-order valence-corrected chi connectivity index (χ0v) is 11.4. The molecule has 15 heavy (non-hydrogen) atoms. The van der Waals surface area contributed by atoms with Gasteiger partial charge < -0.3 is 9.47 Å². The molecule has 0 aromatic rings. The number of hydrogen-bond acceptors (Lipinski definition) is 4. The number of fused-ring (bicyclic) bond motifs is 1. The number of ether oxygens (including phenoxy) is 2. The molecule has 4 atom stereocenters. The fourth-order valence-corrected chi connectivity index (χ4v) is 4.01. The number of alkyl halides is 2. The Morgan fingerprint density at radius 2 is 1.73 bits per heavy atom. The molecule has 0 heterocycles. The van der Waals surface area contributed by atoms with E-state index in [0.717, 1.165) is 0 Å². The molecule has 6 heteroatoms. The van der Waals surface area contributed by atoms with Crippen LogP contribution >= 0.6 is 31.9 Å². The molecule has 84 valence electrons. The normalized spacial score (nSPS) is 42.7. The van der Waals surface area contributed by atoms with Crippen LogP contribution < -0.4 is 0 Å². The highest BCUT2D eigenvalue weighted by atomic mass is 79.9. The van der Waals surface area contributed by atoms with Crippen molar-refractivity contribution in [3.63, 3.8) is 0 Å². The van der Waals surface area contributed by atoms with Crippen molar-refractivity contribution in [1.82, 2.24) is 0 Å². The summed E-state index contributed by atoms with van der Waals surface area (Å²) in [5.74, 6) is -1.25. The second-order valence-electron chi connectivity index (χ2n) is 3.76. The number of halogens is 2. The third kappa shape index (κ3) is 1.45. The van der Waals surface area contributed by atoms with Crippen molar-refractivity contribution in [1.29, 1.82) is 0 Å². The number of carbonyl (C=O) groups excluding carboxylic acids is 2. The summed E-state index contributed by atoms with van der Waals surface area (Å²) in [6.45, 7) is 0. The first-order chi connectivity index (χ1) is 6.96. The van der Waals surface area contributed by atoms with Crippen LogP contribution in [0, 0.1) is 11.8 Å². The Hall–Kier alpha value is 0.220. The van der Waals surface area contributed by atoms with Gasteiger partial charge in [0.15, 0.2) is 0 Å². The van der Waals surface area contributed by atoms with Crippen LogP contribution in [0.2, 0.25) is 0 Å². The lowest BCUT2D eigenvalue weighted by atomic mass is 9.92. The summed E-state index contributed by atoms with van der Waals surface area (Å²) in [5.41, 5.74) is 0. The minimum Gasteiger partial charge on any atom is -0.378 e. The standard InChI is InChI=1S/C9H10Br2O4/c1-14-7-4-3(9(4,10)11)5(12)6(13)8(7)15-2/h3-4,7-8H,1-2H3/t3-,4+,7-,8+/m1/s1. The molecule has 0 amide bonds. The van der Waals surface area contributed by atoms with E-state index in [1.165, 1.54) is 14.2 Å². The summed E-state index contributed by atoms with van der Waals surface area (Å²) < 4.78 is 9.78. The summed E-state index contributed by atoms with van der Waals surface area (Å²) in [6, 6.07) is 0. The average molecular weight is 342 g/mol. The van der Waals surface area contributed by atoms with Gasteiger partial charge in [-0.3, -0.25) is 9.59 Å². The number of Topliss-reactive ketones (excluding diaryl/α,β-unsaturated/α-hetero) is 2. The minimum absolute atomic E-state index is 0.0438. The van der Waals surface area contributed by atoms with Crippen LogP contribution in [0.5, 0.6) is 0 Å². The van der Waals surface area contributed by atoms with Crippen LogP contribution in [0.3, 0.4) is 0 Å². The Morgan fingerprint density at radius 1 is 1.13 bits per heavy atom. The maximum absolute atomic E-state index is 11.7. The molecule has 2 aliphatic carbocycles. The van der Waals surface area contributed by atoms with Crippen LogP contribution in [-0.4, -0.2) is 41.2 Å². The van der Waals surface area contributed by atoms with E-state index in [4.69, 9.17) is 9.47 Å². The van der Waals surface area contributed by atoms with Gasteiger partial charge in [-0.2, -0.15) is 0 Å². The Bertz CT molecular complexity index is 328. The largest absolute Gasteiger partial charge is 0.378 e. The lowest BCUT2D eigenvalue weighted by Gasteiger charge is -2.26. The number of carbonyl (C=O) groups is 2. The highest BCUT2D eigenvalue weighted by Gasteiger charge is 2.74. The molecule has 0 N–H and O–H groups in total. The first kappa shape index (κ1) is 11.7. The van der Waals surface area contributed by atoms with Gasteiger partial charge in [0.1, 0.15) is 6.10 Å². The zero-order valence-electron chi connectivity index (χ0n) is 8.20. The van der Waals surface area contributed by atoms with E-state index in [-0.39, 0.29) is 23.7 Å². The molecule has 4 nitrogen and oxygen atoms in total. The maximum atomic E-state index is 11.7. The predicted octanol–water partition coefficient (Wildman–Crippen LogP) is 0.900. The fourth-order valence-electron chi connectivity index (χ4n) is 2.24. The maximum Gasteiger partial charge on any atom is 0.230 e. The predicted molar refractivity (Wildman–Crippen MR) is 59.2 cm³/mol. The number of hydrogen-bond donors (Lipinski definition) is 0. The van der Waals surface area contributed by atoms with Gasteiger partial charge in [-0.25, -0.2) is 0 Å². The number of ketones is 2. The Kier molecular flexibility index (Phi) is 2.82. The smallest absolute Gasteiger partial charge is 0.230 e. The van der Waals surface area contributed by atoms with Crippen LogP contribution in [0.1, 0.15) is 0 Å². The van der Waals surface area contributed by atoms with E-state index in [2.05, 4.69) is 31.9 Å². The molecule has 2 aliphatic rings. The third-order valence-corrected chi connectivity index (χ3v) is 5.12. The van der Waals surface area contributed by atoms with Crippen LogP contribution in [0.15, 0.2) is 0 Å². The molecule has 0 unspecified atom stereocenters. The Labute approximate surface area is 104 Å². The van der Waals surface area contributed by atoms with Crippen molar-refractivity contribution >= 4 is 43.4 Å². The monoisotopic (exact) mass is 340 g/mol. The van der Waals surface area contributed by atoms with Crippen molar-refractivity contribution in [2.75, 3.05) is 14.2 Å². The van der Waals surface area contributed by atoms with Gasteiger partial charge in [-0.05, 0) is 0 Å². The van der Waals surface area contributed by atoms with E-state index in [9.17, 15) is 9.59 Å². The lowest BCUT2D eigenvalue weighted by Crippen LogP contribution is -2.47. The SMILES string of the molecule is CO[C@@H]1[C@@H]2[C@H](C(=O)C(=O)[C@@H]1OC)C2(Br)Br. The summed E-state index contributed by atoms with van der Waals surface area (Å²) in [5, 5.41) is 0. The Balaban J connectivity index is 2.33. The molecule has 0 radical (unpaired) electrons. The van der Waals surface area contributed by atoms with Crippen LogP contribution in [0.4, 0.5) is 0 Å². The van der Waals surface area contributed by atoms with E-state index < -0.39 is 15.1 Å². The van der Waals surface area contributed by atoms with Crippen molar-refractivity contribution < 1.29 is 19.1 Å². The molecule has 0 bridgehead atoms. The third-order valence-electron chi connectivity index (χ3n) is 3.07. The zero-order chi connectivity index (χ0) is 11.4. The van der Waals surface area contributed by atoms with Crippen molar-refractivity contribution in [3.05, 3.63) is 0 Å². The average Bonchev–Trinajstić information content (AvgIpc) is 2.75. The minimum atomic E-state index is -0.777. The molecule has 0 aromatic heterocycles. The summed E-state index contributed by atoms with van der Waals surface area (Å²) in [4.78, 5) is 23.3. The highest BCUT2D eigenvalue weighted by molar-refractivity contribution is 9.25. The highest BCUT2D eigenvalue weighted by Crippen LogP contribution is 2.66. The molecule has 0 aromatic carbocycles. The van der Waals surface area contributed by atoms with Crippen LogP contribution in [0.25, 0.3) is 0 Å². The molecule has 0 aliphatic heterocycles. The second-order valence-corrected chi connectivity index (χ2v) is 7.45. The van der Waals surface area contributed by atoms with Gasteiger partial charge >= 0.3 is 0 Å².